The Bertz CT molecular complexity index is 505. The summed E-state index contributed by atoms with van der Waals surface area (Å²) in [7, 11) is 0. The molecule has 2 aromatic rings. The molecule has 3 nitrogen and oxygen atoms in total. The SMILES string of the molecule is Cc1ccc(Br)cc1-c1onc(N)c1C. The topological polar surface area (TPSA) is 52.0 Å². The Morgan fingerprint density at radius 3 is 2.67 bits per heavy atom. The van der Waals surface area contributed by atoms with Gasteiger partial charge in [-0.2, -0.15) is 0 Å². The van der Waals surface area contributed by atoms with Gasteiger partial charge in [0.15, 0.2) is 11.6 Å². The molecule has 0 amide bonds. The van der Waals surface area contributed by atoms with Crippen molar-refractivity contribution < 1.29 is 4.52 Å². The van der Waals surface area contributed by atoms with Crippen LogP contribution < -0.4 is 5.73 Å². The minimum Gasteiger partial charge on any atom is -0.381 e. The number of nitrogens with zero attached hydrogens (tertiary/aromatic N) is 1. The second-order valence-electron chi connectivity index (χ2n) is 3.48. The van der Waals surface area contributed by atoms with Crippen molar-refractivity contribution in [3.63, 3.8) is 0 Å². The van der Waals surface area contributed by atoms with Crippen LogP contribution in [-0.2, 0) is 0 Å². The molecule has 0 aliphatic heterocycles. The lowest BCUT2D eigenvalue weighted by atomic mass is 10.0. The van der Waals surface area contributed by atoms with Crippen LogP contribution in [0.3, 0.4) is 0 Å². The van der Waals surface area contributed by atoms with Crippen molar-refractivity contribution in [2.24, 2.45) is 0 Å². The summed E-state index contributed by atoms with van der Waals surface area (Å²) in [4.78, 5) is 0. The lowest BCUT2D eigenvalue weighted by molar-refractivity contribution is 0.435. The molecular weight excluding hydrogens is 256 g/mol. The van der Waals surface area contributed by atoms with Gasteiger partial charge in [-0.25, -0.2) is 0 Å². The zero-order valence-corrected chi connectivity index (χ0v) is 10.1. The molecule has 0 bridgehead atoms. The van der Waals surface area contributed by atoms with Crippen molar-refractivity contribution in [1.82, 2.24) is 5.16 Å². The van der Waals surface area contributed by atoms with Gasteiger partial charge in [0.1, 0.15) is 0 Å². The van der Waals surface area contributed by atoms with Gasteiger partial charge in [0.2, 0.25) is 0 Å². The molecule has 1 aromatic carbocycles. The molecule has 4 heteroatoms. The highest BCUT2D eigenvalue weighted by molar-refractivity contribution is 9.10. The second-order valence-corrected chi connectivity index (χ2v) is 4.40. The molecule has 78 valence electrons. The number of nitrogens with two attached hydrogens (primary N) is 1. The number of nitrogen functional groups attached to an aromatic ring is 1. The van der Waals surface area contributed by atoms with Gasteiger partial charge in [-0.15, -0.1) is 0 Å². The molecule has 0 unspecified atom stereocenters. The first-order valence-electron chi connectivity index (χ1n) is 4.58. The molecule has 1 aromatic heterocycles. The van der Waals surface area contributed by atoms with Crippen LogP contribution in [0.15, 0.2) is 27.2 Å². The van der Waals surface area contributed by atoms with Gasteiger partial charge in [-0.1, -0.05) is 27.2 Å². The molecule has 0 spiro atoms. The molecule has 2 rings (SSSR count). The number of aromatic nitrogens is 1. The number of aryl methyl sites for hydroxylation is 1. The van der Waals surface area contributed by atoms with Crippen molar-refractivity contribution in [3.8, 4) is 11.3 Å². The molecule has 1 heterocycles. The van der Waals surface area contributed by atoms with Crippen molar-refractivity contribution >= 4 is 21.7 Å². The molecule has 0 fully saturated rings. The fourth-order valence-corrected chi connectivity index (χ4v) is 1.80. The Morgan fingerprint density at radius 2 is 2.07 bits per heavy atom. The van der Waals surface area contributed by atoms with Gasteiger partial charge in [-0.05, 0) is 31.5 Å². The van der Waals surface area contributed by atoms with Gasteiger partial charge in [0.25, 0.3) is 0 Å². The van der Waals surface area contributed by atoms with E-state index < -0.39 is 0 Å². The van der Waals surface area contributed by atoms with Gasteiger partial charge in [0, 0.05) is 15.6 Å². The maximum Gasteiger partial charge on any atom is 0.172 e. The number of hydrogen-bond donors (Lipinski definition) is 1. The summed E-state index contributed by atoms with van der Waals surface area (Å²) < 4.78 is 6.23. The molecule has 0 saturated heterocycles. The first kappa shape index (κ1) is 10.2. The van der Waals surface area contributed by atoms with Crippen LogP contribution >= 0.6 is 15.9 Å². The number of rotatable bonds is 1. The first-order valence-corrected chi connectivity index (χ1v) is 5.37. The van der Waals surface area contributed by atoms with E-state index in [2.05, 4.69) is 21.1 Å². The van der Waals surface area contributed by atoms with Crippen LogP contribution in [0.1, 0.15) is 11.1 Å². The Hall–Kier alpha value is -1.29. The monoisotopic (exact) mass is 266 g/mol. The van der Waals surface area contributed by atoms with Crippen LogP contribution in [0.4, 0.5) is 5.82 Å². The van der Waals surface area contributed by atoms with E-state index in [0.717, 1.165) is 26.9 Å². The van der Waals surface area contributed by atoms with Gasteiger partial charge < -0.3 is 10.3 Å². The Balaban J connectivity index is 2.63. The summed E-state index contributed by atoms with van der Waals surface area (Å²) >= 11 is 3.43. The fraction of sp³-hybridized carbons (Fsp3) is 0.182. The van der Waals surface area contributed by atoms with E-state index in [9.17, 15) is 0 Å². The molecule has 2 N–H and O–H groups in total. The molecule has 0 aliphatic carbocycles. The highest BCUT2D eigenvalue weighted by Gasteiger charge is 2.13. The van der Waals surface area contributed by atoms with E-state index in [4.69, 9.17) is 10.3 Å². The molecule has 0 saturated carbocycles. The summed E-state index contributed by atoms with van der Waals surface area (Å²) in [6.45, 7) is 3.93. The minimum absolute atomic E-state index is 0.448. The largest absolute Gasteiger partial charge is 0.381 e. The number of halogens is 1. The predicted octanol–water partition coefficient (Wildman–Crippen LogP) is 3.30. The molecule has 15 heavy (non-hydrogen) atoms. The predicted molar refractivity (Wildman–Crippen MR) is 63.5 cm³/mol. The van der Waals surface area contributed by atoms with Crippen LogP contribution in [0.25, 0.3) is 11.3 Å². The summed E-state index contributed by atoms with van der Waals surface area (Å²) in [6.07, 6.45) is 0. The lowest BCUT2D eigenvalue weighted by Crippen LogP contribution is -1.87. The van der Waals surface area contributed by atoms with E-state index in [0.29, 0.717) is 5.82 Å². The van der Waals surface area contributed by atoms with Crippen LogP contribution in [0.2, 0.25) is 0 Å². The number of hydrogen-bond acceptors (Lipinski definition) is 3. The highest BCUT2D eigenvalue weighted by atomic mass is 79.9. The summed E-state index contributed by atoms with van der Waals surface area (Å²) in [6, 6.07) is 6.02. The van der Waals surface area contributed by atoms with E-state index in [-0.39, 0.29) is 0 Å². The number of benzene rings is 1. The zero-order chi connectivity index (χ0) is 11.0. The van der Waals surface area contributed by atoms with Gasteiger partial charge in [-0.3, -0.25) is 0 Å². The molecular formula is C11H11BrN2O. The standard InChI is InChI=1S/C11H11BrN2O/c1-6-3-4-8(12)5-9(6)10-7(2)11(13)14-15-10/h3-5H,1-2H3,(H2,13,14). The van der Waals surface area contributed by atoms with Crippen LogP contribution in [-0.4, -0.2) is 5.16 Å². The highest BCUT2D eigenvalue weighted by Crippen LogP contribution is 2.31. The van der Waals surface area contributed by atoms with E-state index in [1.807, 2.05) is 32.0 Å². The minimum atomic E-state index is 0.448. The third-order valence-corrected chi connectivity index (χ3v) is 2.90. The van der Waals surface area contributed by atoms with Crippen LogP contribution in [0, 0.1) is 13.8 Å². The average molecular weight is 267 g/mol. The maximum atomic E-state index is 5.65. The third-order valence-electron chi connectivity index (χ3n) is 2.40. The van der Waals surface area contributed by atoms with Crippen molar-refractivity contribution in [2.75, 3.05) is 5.73 Å². The maximum absolute atomic E-state index is 5.65. The number of anilines is 1. The quantitative estimate of drug-likeness (QED) is 0.862. The smallest absolute Gasteiger partial charge is 0.172 e. The molecule has 0 aliphatic rings. The van der Waals surface area contributed by atoms with Crippen molar-refractivity contribution in [3.05, 3.63) is 33.8 Å². The van der Waals surface area contributed by atoms with E-state index >= 15 is 0 Å². The summed E-state index contributed by atoms with van der Waals surface area (Å²) in [5.41, 5.74) is 8.69. The van der Waals surface area contributed by atoms with Crippen LogP contribution in [0.5, 0.6) is 0 Å². The Morgan fingerprint density at radius 1 is 1.33 bits per heavy atom. The van der Waals surface area contributed by atoms with E-state index in [1.165, 1.54) is 0 Å². The van der Waals surface area contributed by atoms with Crippen molar-refractivity contribution in [2.45, 2.75) is 13.8 Å². The molecule has 0 atom stereocenters. The van der Waals surface area contributed by atoms with E-state index in [1.54, 1.807) is 0 Å². The Labute approximate surface area is 96.4 Å². The second kappa shape index (κ2) is 3.70. The van der Waals surface area contributed by atoms with Gasteiger partial charge >= 0.3 is 0 Å². The summed E-state index contributed by atoms with van der Waals surface area (Å²) in [5.74, 6) is 1.19. The third kappa shape index (κ3) is 1.77. The average Bonchev–Trinajstić information content (AvgIpc) is 2.52. The van der Waals surface area contributed by atoms with Gasteiger partial charge in [0.05, 0.1) is 0 Å². The normalized spacial score (nSPS) is 10.6. The first-order chi connectivity index (χ1) is 7.09. The molecule has 0 radical (unpaired) electrons. The van der Waals surface area contributed by atoms with Crippen molar-refractivity contribution in [1.29, 1.82) is 0 Å². The zero-order valence-electron chi connectivity index (χ0n) is 8.54. The Kier molecular flexibility index (Phi) is 2.52. The summed E-state index contributed by atoms with van der Waals surface area (Å²) in [5, 5.41) is 3.75. The fourth-order valence-electron chi connectivity index (χ4n) is 1.44. The lowest BCUT2D eigenvalue weighted by Gasteiger charge is -2.03.